The Labute approximate surface area is 125 Å². The number of para-hydroxylation sites is 1. The third-order valence-corrected chi connectivity index (χ3v) is 3.86. The van der Waals surface area contributed by atoms with Gasteiger partial charge in [0.05, 0.1) is 17.8 Å². The summed E-state index contributed by atoms with van der Waals surface area (Å²) in [6, 6.07) is 9.47. The highest BCUT2D eigenvalue weighted by Gasteiger charge is 2.25. The molecule has 0 radical (unpaired) electrons. The van der Waals surface area contributed by atoms with Crippen LogP contribution in [0.1, 0.15) is 31.2 Å². The van der Waals surface area contributed by atoms with Gasteiger partial charge in [-0.25, -0.2) is 0 Å². The highest BCUT2D eigenvalue weighted by atomic mass is 16.3. The third kappa shape index (κ3) is 4.28. The maximum atomic E-state index is 12.1. The number of aliphatic hydroxyl groups excluding tert-OH is 1. The number of hydrogen-bond acceptors (Lipinski definition) is 4. The van der Waals surface area contributed by atoms with Crippen LogP contribution in [0.25, 0.3) is 0 Å². The van der Waals surface area contributed by atoms with Crippen LogP contribution >= 0.6 is 0 Å². The highest BCUT2D eigenvalue weighted by Crippen LogP contribution is 2.21. The summed E-state index contributed by atoms with van der Waals surface area (Å²) < 4.78 is 0. The number of anilines is 1. The molecule has 1 heterocycles. The van der Waals surface area contributed by atoms with E-state index in [0.717, 1.165) is 32.2 Å². The summed E-state index contributed by atoms with van der Waals surface area (Å²) in [5.74, 6) is -0.0893. The second-order valence-corrected chi connectivity index (χ2v) is 5.34. The van der Waals surface area contributed by atoms with Gasteiger partial charge in [0.15, 0.2) is 0 Å². The molecule has 1 aliphatic heterocycles. The Hall–Kier alpha value is -1.90. The van der Waals surface area contributed by atoms with Crippen LogP contribution in [-0.4, -0.2) is 41.7 Å². The number of likely N-dealkylation sites (tertiary alicyclic amines) is 1. The second-order valence-electron chi connectivity index (χ2n) is 5.34. The summed E-state index contributed by atoms with van der Waals surface area (Å²) in [7, 11) is 0. The SMILES string of the molecule is N#Cc1ccccc1NC(=O)CN1CCCC1CCCO. The number of nitrogens with zero attached hydrogens (tertiary/aromatic N) is 2. The van der Waals surface area contributed by atoms with Gasteiger partial charge in [-0.15, -0.1) is 0 Å². The van der Waals surface area contributed by atoms with Crippen LogP contribution in [0, 0.1) is 11.3 Å². The molecule has 1 fully saturated rings. The van der Waals surface area contributed by atoms with Gasteiger partial charge in [0, 0.05) is 12.6 Å². The first-order valence-electron chi connectivity index (χ1n) is 7.38. The molecule has 0 aromatic heterocycles. The van der Waals surface area contributed by atoms with E-state index in [1.807, 2.05) is 0 Å². The van der Waals surface area contributed by atoms with Crippen molar-refractivity contribution < 1.29 is 9.90 Å². The Morgan fingerprint density at radius 3 is 3.05 bits per heavy atom. The molecule has 1 aromatic carbocycles. The molecule has 1 unspecified atom stereocenters. The molecular weight excluding hydrogens is 266 g/mol. The van der Waals surface area contributed by atoms with Crippen molar-refractivity contribution in [3.63, 3.8) is 0 Å². The Kier molecular flexibility index (Phi) is 5.73. The van der Waals surface area contributed by atoms with Gasteiger partial charge in [0.2, 0.25) is 5.91 Å². The monoisotopic (exact) mass is 287 g/mol. The van der Waals surface area contributed by atoms with Gasteiger partial charge in [-0.2, -0.15) is 5.26 Å². The number of rotatable bonds is 6. The number of nitrogens with one attached hydrogen (secondary N) is 1. The molecule has 21 heavy (non-hydrogen) atoms. The summed E-state index contributed by atoms with van der Waals surface area (Å²) in [4.78, 5) is 14.3. The number of aliphatic hydroxyl groups is 1. The molecule has 2 rings (SSSR count). The van der Waals surface area contributed by atoms with Crippen LogP contribution in [-0.2, 0) is 4.79 Å². The number of carbonyl (C=O) groups is 1. The normalized spacial score (nSPS) is 18.4. The van der Waals surface area contributed by atoms with E-state index in [4.69, 9.17) is 10.4 Å². The lowest BCUT2D eigenvalue weighted by molar-refractivity contribution is -0.117. The summed E-state index contributed by atoms with van der Waals surface area (Å²) >= 11 is 0. The van der Waals surface area contributed by atoms with Gasteiger partial charge < -0.3 is 10.4 Å². The Morgan fingerprint density at radius 1 is 1.48 bits per heavy atom. The van der Waals surface area contributed by atoms with Gasteiger partial charge in [0.1, 0.15) is 6.07 Å². The molecule has 0 bridgehead atoms. The first kappa shape index (κ1) is 15.5. The molecule has 112 valence electrons. The first-order valence-corrected chi connectivity index (χ1v) is 7.38. The van der Waals surface area contributed by atoms with E-state index in [9.17, 15) is 4.79 Å². The summed E-state index contributed by atoms with van der Waals surface area (Å²) in [5.41, 5.74) is 1.04. The van der Waals surface area contributed by atoms with Crippen molar-refractivity contribution in [3.8, 4) is 6.07 Å². The van der Waals surface area contributed by atoms with Crippen molar-refractivity contribution in [3.05, 3.63) is 29.8 Å². The molecule has 0 spiro atoms. The second kappa shape index (κ2) is 7.77. The number of amides is 1. The lowest BCUT2D eigenvalue weighted by Gasteiger charge is -2.23. The van der Waals surface area contributed by atoms with Gasteiger partial charge in [-0.1, -0.05) is 12.1 Å². The predicted octanol–water partition coefficient (Wildman–Crippen LogP) is 1.73. The summed E-state index contributed by atoms with van der Waals surface area (Å²) in [5, 5.41) is 20.8. The van der Waals surface area contributed by atoms with E-state index in [0.29, 0.717) is 23.8 Å². The fraction of sp³-hybridized carbons (Fsp3) is 0.500. The first-order chi connectivity index (χ1) is 10.2. The minimum absolute atomic E-state index is 0.0893. The van der Waals surface area contributed by atoms with Crippen molar-refractivity contribution in [1.29, 1.82) is 5.26 Å². The van der Waals surface area contributed by atoms with E-state index in [1.54, 1.807) is 24.3 Å². The molecule has 1 atom stereocenters. The van der Waals surface area contributed by atoms with E-state index in [2.05, 4.69) is 16.3 Å². The zero-order valence-electron chi connectivity index (χ0n) is 12.1. The van der Waals surface area contributed by atoms with Crippen LogP contribution < -0.4 is 5.32 Å². The van der Waals surface area contributed by atoms with Crippen LogP contribution in [0.4, 0.5) is 5.69 Å². The van der Waals surface area contributed by atoms with Crippen molar-refractivity contribution >= 4 is 11.6 Å². The maximum Gasteiger partial charge on any atom is 0.238 e. The lowest BCUT2D eigenvalue weighted by atomic mass is 10.1. The highest BCUT2D eigenvalue weighted by molar-refractivity contribution is 5.93. The fourth-order valence-electron chi connectivity index (χ4n) is 2.82. The molecular formula is C16H21N3O2. The summed E-state index contributed by atoms with van der Waals surface area (Å²) in [6.45, 7) is 1.46. The van der Waals surface area contributed by atoms with Crippen molar-refractivity contribution in [2.45, 2.75) is 31.7 Å². The topological polar surface area (TPSA) is 76.4 Å². The fourth-order valence-corrected chi connectivity index (χ4v) is 2.82. The van der Waals surface area contributed by atoms with E-state index in [-0.39, 0.29) is 12.5 Å². The maximum absolute atomic E-state index is 12.1. The average molecular weight is 287 g/mol. The molecule has 1 aromatic rings. The number of hydrogen-bond donors (Lipinski definition) is 2. The van der Waals surface area contributed by atoms with E-state index >= 15 is 0 Å². The van der Waals surface area contributed by atoms with Crippen LogP contribution in [0.15, 0.2) is 24.3 Å². The minimum atomic E-state index is -0.0893. The quantitative estimate of drug-likeness (QED) is 0.835. The Balaban J connectivity index is 1.91. The summed E-state index contributed by atoms with van der Waals surface area (Å²) in [6.07, 6.45) is 3.89. The standard InChI is InChI=1S/C16H21N3O2/c17-11-13-5-1-2-8-15(13)18-16(21)12-19-9-3-6-14(19)7-4-10-20/h1-2,5,8,14,20H,3-4,6-7,9-10,12H2,(H,18,21). The Morgan fingerprint density at radius 2 is 2.29 bits per heavy atom. The van der Waals surface area contributed by atoms with Crippen LogP contribution in [0.3, 0.4) is 0 Å². The van der Waals surface area contributed by atoms with Gasteiger partial charge in [0.25, 0.3) is 0 Å². The third-order valence-electron chi connectivity index (χ3n) is 3.86. The number of carbonyl (C=O) groups excluding carboxylic acids is 1. The van der Waals surface area contributed by atoms with E-state index in [1.165, 1.54) is 0 Å². The molecule has 0 aliphatic carbocycles. The van der Waals surface area contributed by atoms with Gasteiger partial charge in [-0.05, 0) is 44.4 Å². The zero-order valence-corrected chi connectivity index (χ0v) is 12.1. The van der Waals surface area contributed by atoms with Crippen molar-refractivity contribution in [2.24, 2.45) is 0 Å². The predicted molar refractivity (Wildman–Crippen MR) is 80.7 cm³/mol. The molecule has 0 saturated carbocycles. The van der Waals surface area contributed by atoms with Crippen LogP contribution in [0.2, 0.25) is 0 Å². The average Bonchev–Trinajstić information content (AvgIpc) is 2.92. The van der Waals surface area contributed by atoms with Gasteiger partial charge >= 0.3 is 0 Å². The number of benzene rings is 1. The van der Waals surface area contributed by atoms with Crippen LogP contribution in [0.5, 0.6) is 0 Å². The molecule has 1 aliphatic rings. The Bertz CT molecular complexity index is 524. The smallest absolute Gasteiger partial charge is 0.238 e. The largest absolute Gasteiger partial charge is 0.396 e. The lowest BCUT2D eigenvalue weighted by Crippen LogP contribution is -2.37. The number of nitriles is 1. The van der Waals surface area contributed by atoms with Crippen molar-refractivity contribution in [2.75, 3.05) is 25.0 Å². The molecule has 1 saturated heterocycles. The van der Waals surface area contributed by atoms with Gasteiger partial charge in [-0.3, -0.25) is 9.69 Å². The zero-order chi connectivity index (χ0) is 15.1. The minimum Gasteiger partial charge on any atom is -0.396 e. The molecule has 5 heteroatoms. The molecule has 5 nitrogen and oxygen atoms in total. The molecule has 2 N–H and O–H groups in total. The van der Waals surface area contributed by atoms with Crippen molar-refractivity contribution in [1.82, 2.24) is 4.90 Å². The van der Waals surface area contributed by atoms with E-state index < -0.39 is 0 Å². The molecule has 1 amide bonds.